The van der Waals surface area contributed by atoms with Crippen molar-refractivity contribution in [3.63, 3.8) is 0 Å². The molecule has 1 atom stereocenters. The number of rotatable bonds is 5. The lowest BCUT2D eigenvalue weighted by Crippen LogP contribution is -2.17. The highest BCUT2D eigenvalue weighted by molar-refractivity contribution is 6.33. The van der Waals surface area contributed by atoms with Crippen LogP contribution in [-0.2, 0) is 0 Å². The van der Waals surface area contributed by atoms with Crippen LogP contribution in [-0.4, -0.2) is 11.0 Å². The van der Waals surface area contributed by atoms with Crippen LogP contribution in [0.15, 0.2) is 18.2 Å². The standard InChI is InChI=1S/C12H13ClN2O2/c1-3-6-9(4-2)14-12-10(13)7-5-8-11(12)15(16)17/h2,5,7-9,14H,3,6H2,1H3. The topological polar surface area (TPSA) is 55.2 Å². The minimum absolute atomic E-state index is 0.0612. The van der Waals surface area contributed by atoms with Gasteiger partial charge in [0.2, 0.25) is 0 Å². The van der Waals surface area contributed by atoms with Gasteiger partial charge in [-0.05, 0) is 12.5 Å². The van der Waals surface area contributed by atoms with Crippen molar-refractivity contribution in [3.05, 3.63) is 33.3 Å². The zero-order chi connectivity index (χ0) is 12.8. The summed E-state index contributed by atoms with van der Waals surface area (Å²) in [6.07, 6.45) is 6.98. The first-order valence-electron chi connectivity index (χ1n) is 5.25. The molecule has 0 aliphatic heterocycles. The van der Waals surface area contributed by atoms with Crippen LogP contribution >= 0.6 is 11.6 Å². The lowest BCUT2D eigenvalue weighted by atomic mass is 10.1. The van der Waals surface area contributed by atoms with Crippen molar-refractivity contribution in [2.75, 3.05) is 5.32 Å². The van der Waals surface area contributed by atoms with Gasteiger partial charge in [-0.25, -0.2) is 0 Å². The monoisotopic (exact) mass is 252 g/mol. The number of halogens is 1. The third-order valence-electron chi connectivity index (χ3n) is 2.29. The summed E-state index contributed by atoms with van der Waals surface area (Å²) in [7, 11) is 0. The van der Waals surface area contributed by atoms with E-state index in [2.05, 4.69) is 11.2 Å². The molecule has 0 fully saturated rings. The molecule has 4 nitrogen and oxygen atoms in total. The van der Waals surface area contributed by atoms with E-state index in [1.807, 2.05) is 6.92 Å². The molecule has 0 aromatic heterocycles. The summed E-state index contributed by atoms with van der Waals surface area (Å²) in [6, 6.07) is 4.28. The van der Waals surface area contributed by atoms with E-state index in [4.69, 9.17) is 18.0 Å². The number of nitrogens with one attached hydrogen (secondary N) is 1. The van der Waals surface area contributed by atoms with Crippen molar-refractivity contribution in [2.24, 2.45) is 0 Å². The van der Waals surface area contributed by atoms with E-state index in [0.717, 1.165) is 12.8 Å². The normalized spacial score (nSPS) is 11.6. The molecule has 1 aromatic rings. The average Bonchev–Trinajstić information content (AvgIpc) is 2.30. The second-order valence-electron chi connectivity index (χ2n) is 3.54. The van der Waals surface area contributed by atoms with E-state index in [1.165, 1.54) is 12.1 Å². The summed E-state index contributed by atoms with van der Waals surface area (Å²) < 4.78 is 0. The molecule has 0 amide bonds. The van der Waals surface area contributed by atoms with E-state index in [0.29, 0.717) is 5.02 Å². The Labute approximate surface area is 105 Å². The quantitative estimate of drug-likeness (QED) is 0.496. The van der Waals surface area contributed by atoms with E-state index in [1.54, 1.807) is 6.07 Å². The first-order chi connectivity index (χ1) is 8.10. The van der Waals surface area contributed by atoms with Gasteiger partial charge >= 0.3 is 0 Å². The Hall–Kier alpha value is -1.73. The van der Waals surface area contributed by atoms with Crippen LogP contribution in [0.4, 0.5) is 11.4 Å². The Bertz CT molecular complexity index is 454. The van der Waals surface area contributed by atoms with Crippen LogP contribution in [0.5, 0.6) is 0 Å². The third-order valence-corrected chi connectivity index (χ3v) is 2.60. The number of nitrogens with zero attached hydrogens (tertiary/aromatic N) is 1. The Morgan fingerprint density at radius 1 is 1.65 bits per heavy atom. The Balaban J connectivity index is 3.04. The fourth-order valence-electron chi connectivity index (χ4n) is 1.47. The van der Waals surface area contributed by atoms with Crippen molar-refractivity contribution in [1.29, 1.82) is 0 Å². The lowest BCUT2D eigenvalue weighted by molar-refractivity contribution is -0.384. The molecule has 0 heterocycles. The van der Waals surface area contributed by atoms with Crippen LogP contribution < -0.4 is 5.32 Å². The molecule has 0 aliphatic carbocycles. The smallest absolute Gasteiger partial charge is 0.293 e. The molecule has 1 N–H and O–H groups in total. The SMILES string of the molecule is C#CC(CCC)Nc1c(Cl)cccc1[N+](=O)[O-]. The molecule has 1 rings (SSSR count). The van der Waals surface area contributed by atoms with Gasteiger partial charge in [-0.2, -0.15) is 0 Å². The summed E-state index contributed by atoms with van der Waals surface area (Å²) in [6.45, 7) is 1.99. The van der Waals surface area contributed by atoms with E-state index in [9.17, 15) is 10.1 Å². The van der Waals surface area contributed by atoms with Gasteiger partial charge in [-0.1, -0.05) is 36.9 Å². The zero-order valence-corrected chi connectivity index (χ0v) is 10.2. The Morgan fingerprint density at radius 3 is 2.88 bits per heavy atom. The van der Waals surface area contributed by atoms with E-state index < -0.39 is 4.92 Å². The van der Waals surface area contributed by atoms with Crippen molar-refractivity contribution >= 4 is 23.0 Å². The molecule has 90 valence electrons. The predicted molar refractivity (Wildman–Crippen MR) is 69.3 cm³/mol. The van der Waals surface area contributed by atoms with Crippen LogP contribution in [0.25, 0.3) is 0 Å². The minimum atomic E-state index is -0.478. The van der Waals surface area contributed by atoms with Gasteiger partial charge < -0.3 is 5.32 Å². The van der Waals surface area contributed by atoms with Crippen molar-refractivity contribution in [2.45, 2.75) is 25.8 Å². The molecule has 1 aromatic carbocycles. The van der Waals surface area contributed by atoms with Crippen LogP contribution in [0.3, 0.4) is 0 Å². The lowest BCUT2D eigenvalue weighted by Gasteiger charge is -2.14. The third kappa shape index (κ3) is 3.36. The molecule has 17 heavy (non-hydrogen) atoms. The predicted octanol–water partition coefficient (Wildman–Crippen LogP) is 3.46. The number of benzene rings is 1. The maximum atomic E-state index is 10.9. The van der Waals surface area contributed by atoms with Crippen LogP contribution in [0, 0.1) is 22.5 Å². The summed E-state index contributed by atoms with van der Waals surface area (Å²) in [5, 5.41) is 14.1. The van der Waals surface area contributed by atoms with Gasteiger partial charge in [0.25, 0.3) is 5.69 Å². The van der Waals surface area contributed by atoms with Gasteiger partial charge in [0, 0.05) is 6.07 Å². The van der Waals surface area contributed by atoms with Crippen molar-refractivity contribution in [1.82, 2.24) is 0 Å². The molecule has 0 saturated heterocycles. The number of nitro groups is 1. The summed E-state index contributed by atoms with van der Waals surface area (Å²) >= 11 is 5.94. The van der Waals surface area contributed by atoms with Crippen molar-refractivity contribution < 1.29 is 4.92 Å². The number of hydrogen-bond acceptors (Lipinski definition) is 3. The highest BCUT2D eigenvalue weighted by Crippen LogP contribution is 2.32. The molecule has 5 heteroatoms. The molecule has 0 saturated carbocycles. The van der Waals surface area contributed by atoms with Gasteiger partial charge in [-0.3, -0.25) is 10.1 Å². The fourth-order valence-corrected chi connectivity index (χ4v) is 1.69. The minimum Gasteiger partial charge on any atom is -0.365 e. The van der Waals surface area contributed by atoms with E-state index >= 15 is 0 Å². The first kappa shape index (κ1) is 13.3. The average molecular weight is 253 g/mol. The summed E-state index contributed by atoms with van der Waals surface area (Å²) in [5.41, 5.74) is 0.226. The molecule has 0 radical (unpaired) electrons. The maximum absolute atomic E-state index is 10.9. The second-order valence-corrected chi connectivity index (χ2v) is 3.95. The van der Waals surface area contributed by atoms with Gasteiger partial charge in [0.1, 0.15) is 5.69 Å². The second kappa shape index (κ2) is 6.12. The molecular formula is C12H13ClN2O2. The highest BCUT2D eigenvalue weighted by atomic mass is 35.5. The molecule has 1 unspecified atom stereocenters. The van der Waals surface area contributed by atoms with Crippen LogP contribution in [0.2, 0.25) is 5.02 Å². The molecule has 0 spiro atoms. The number of terminal acetylenes is 1. The largest absolute Gasteiger partial charge is 0.365 e. The Morgan fingerprint density at radius 2 is 2.35 bits per heavy atom. The molecular weight excluding hydrogens is 240 g/mol. The summed E-state index contributed by atoms with van der Waals surface area (Å²) in [5.74, 6) is 2.55. The highest BCUT2D eigenvalue weighted by Gasteiger charge is 2.18. The fraction of sp³-hybridized carbons (Fsp3) is 0.333. The van der Waals surface area contributed by atoms with E-state index in [-0.39, 0.29) is 17.4 Å². The van der Waals surface area contributed by atoms with Gasteiger partial charge in [0.05, 0.1) is 16.0 Å². The first-order valence-corrected chi connectivity index (χ1v) is 5.63. The number of nitro benzene ring substituents is 1. The number of anilines is 1. The Kier molecular flexibility index (Phi) is 4.80. The van der Waals surface area contributed by atoms with Crippen molar-refractivity contribution in [3.8, 4) is 12.3 Å². The molecule has 0 aliphatic rings. The summed E-state index contributed by atoms with van der Waals surface area (Å²) in [4.78, 5) is 10.4. The number of para-hydroxylation sites is 1. The van der Waals surface area contributed by atoms with Gasteiger partial charge in [0.15, 0.2) is 0 Å². The van der Waals surface area contributed by atoms with Gasteiger partial charge in [-0.15, -0.1) is 6.42 Å². The molecule has 0 bridgehead atoms. The van der Waals surface area contributed by atoms with Crippen LogP contribution in [0.1, 0.15) is 19.8 Å². The number of hydrogen-bond donors (Lipinski definition) is 1. The maximum Gasteiger partial charge on any atom is 0.293 e. The zero-order valence-electron chi connectivity index (χ0n) is 9.44.